The lowest BCUT2D eigenvalue weighted by molar-refractivity contribution is -0.117. The van der Waals surface area contributed by atoms with Crippen molar-refractivity contribution in [1.82, 2.24) is 20.0 Å². The normalized spacial score (nSPS) is 18.4. The lowest BCUT2D eigenvalue weighted by Gasteiger charge is -2.31. The first-order valence-electron chi connectivity index (χ1n) is 10.7. The van der Waals surface area contributed by atoms with Gasteiger partial charge in [-0.25, -0.2) is 9.07 Å². The zero-order valence-electron chi connectivity index (χ0n) is 17.0. The molecule has 0 atom stereocenters. The number of halogens is 1. The van der Waals surface area contributed by atoms with Crippen LogP contribution in [0, 0.1) is 5.82 Å². The van der Waals surface area contributed by atoms with E-state index in [0.717, 1.165) is 44.6 Å². The van der Waals surface area contributed by atoms with Crippen LogP contribution in [0.5, 0.6) is 0 Å². The van der Waals surface area contributed by atoms with Crippen molar-refractivity contribution in [2.75, 3.05) is 25.0 Å². The summed E-state index contributed by atoms with van der Waals surface area (Å²) in [6.45, 7) is 1.81. The second-order valence-corrected chi connectivity index (χ2v) is 8.18. The summed E-state index contributed by atoms with van der Waals surface area (Å²) in [4.78, 5) is 26.9. The van der Waals surface area contributed by atoms with Crippen LogP contribution in [-0.2, 0) is 4.79 Å². The number of likely N-dealkylation sites (tertiary alicyclic amines) is 1. The van der Waals surface area contributed by atoms with Gasteiger partial charge in [-0.2, -0.15) is 5.10 Å². The predicted octanol–water partition coefficient (Wildman–Crippen LogP) is 2.97. The van der Waals surface area contributed by atoms with Crippen LogP contribution in [0.15, 0.2) is 36.5 Å². The standard InChI is InChI=1S/C22H28FN5O2/c23-17-7-5-16(6-8-17)22(30)25-18-10-13-27(14-11-18)15-21(29)26-20-9-12-24-28(20)19-3-1-2-4-19/h5-9,12,18-19H,1-4,10-11,13-15H2,(H,25,30)(H,26,29). The fourth-order valence-corrected chi connectivity index (χ4v) is 4.34. The molecule has 7 nitrogen and oxygen atoms in total. The number of piperidine rings is 1. The second kappa shape index (κ2) is 9.38. The molecule has 160 valence electrons. The van der Waals surface area contributed by atoms with Crippen molar-refractivity contribution in [3.63, 3.8) is 0 Å². The molecule has 0 radical (unpaired) electrons. The molecule has 0 spiro atoms. The Bertz CT molecular complexity index is 868. The van der Waals surface area contributed by atoms with Crippen molar-refractivity contribution in [2.45, 2.75) is 50.6 Å². The Kier molecular flexibility index (Phi) is 6.42. The van der Waals surface area contributed by atoms with E-state index in [1.54, 1.807) is 6.20 Å². The number of benzene rings is 1. The van der Waals surface area contributed by atoms with Gasteiger partial charge < -0.3 is 10.6 Å². The van der Waals surface area contributed by atoms with Crippen LogP contribution in [0.2, 0.25) is 0 Å². The number of anilines is 1. The van der Waals surface area contributed by atoms with E-state index in [1.807, 2.05) is 10.7 Å². The quantitative estimate of drug-likeness (QED) is 0.763. The van der Waals surface area contributed by atoms with Crippen molar-refractivity contribution in [1.29, 1.82) is 0 Å². The SMILES string of the molecule is O=C(CN1CCC(NC(=O)c2ccc(F)cc2)CC1)Nc1ccnn1C1CCCC1. The molecule has 2 fully saturated rings. The van der Waals surface area contributed by atoms with Crippen LogP contribution in [0.3, 0.4) is 0 Å². The summed E-state index contributed by atoms with van der Waals surface area (Å²) in [5.41, 5.74) is 0.456. The molecule has 1 aromatic heterocycles. The zero-order valence-corrected chi connectivity index (χ0v) is 17.0. The van der Waals surface area contributed by atoms with Gasteiger partial charge in [0.05, 0.1) is 18.8 Å². The van der Waals surface area contributed by atoms with Gasteiger partial charge in [0.1, 0.15) is 11.6 Å². The van der Waals surface area contributed by atoms with Crippen LogP contribution in [0.4, 0.5) is 10.2 Å². The molecule has 2 N–H and O–H groups in total. The average Bonchev–Trinajstić information content (AvgIpc) is 3.41. The van der Waals surface area contributed by atoms with Gasteiger partial charge in [0.15, 0.2) is 0 Å². The van der Waals surface area contributed by atoms with Crippen LogP contribution >= 0.6 is 0 Å². The van der Waals surface area contributed by atoms with Gasteiger partial charge in [-0.15, -0.1) is 0 Å². The van der Waals surface area contributed by atoms with Gasteiger partial charge in [0.2, 0.25) is 5.91 Å². The molecule has 0 unspecified atom stereocenters. The van der Waals surface area contributed by atoms with Crippen molar-refractivity contribution >= 4 is 17.6 Å². The van der Waals surface area contributed by atoms with Crippen molar-refractivity contribution < 1.29 is 14.0 Å². The molecule has 8 heteroatoms. The Balaban J connectivity index is 1.22. The topological polar surface area (TPSA) is 79.3 Å². The molecule has 4 rings (SSSR count). The molecule has 2 aromatic rings. The summed E-state index contributed by atoms with van der Waals surface area (Å²) in [5.74, 6) is 0.188. The maximum Gasteiger partial charge on any atom is 0.251 e. The average molecular weight is 413 g/mol. The van der Waals surface area contributed by atoms with Crippen LogP contribution < -0.4 is 10.6 Å². The second-order valence-electron chi connectivity index (χ2n) is 8.18. The van der Waals surface area contributed by atoms with E-state index >= 15 is 0 Å². The predicted molar refractivity (Wildman–Crippen MR) is 112 cm³/mol. The molecule has 1 saturated heterocycles. The number of carbonyl (C=O) groups is 2. The van der Waals surface area contributed by atoms with Crippen LogP contribution in [0.25, 0.3) is 0 Å². The number of amides is 2. The molecule has 1 aromatic carbocycles. The maximum absolute atomic E-state index is 13.0. The number of nitrogens with one attached hydrogen (secondary N) is 2. The number of hydrogen-bond acceptors (Lipinski definition) is 4. The van der Waals surface area contributed by atoms with Gasteiger partial charge in [-0.1, -0.05) is 12.8 Å². The molecule has 2 aliphatic rings. The zero-order chi connectivity index (χ0) is 20.9. The van der Waals surface area contributed by atoms with Crippen LogP contribution in [-0.4, -0.2) is 52.2 Å². The van der Waals surface area contributed by atoms with Crippen molar-refractivity contribution in [2.24, 2.45) is 0 Å². The first-order valence-corrected chi connectivity index (χ1v) is 10.7. The number of nitrogens with zero attached hydrogens (tertiary/aromatic N) is 3. The fourth-order valence-electron chi connectivity index (χ4n) is 4.34. The van der Waals surface area contributed by atoms with E-state index in [9.17, 15) is 14.0 Å². The van der Waals surface area contributed by atoms with E-state index in [1.165, 1.54) is 37.1 Å². The third-order valence-electron chi connectivity index (χ3n) is 6.00. The third kappa shape index (κ3) is 5.05. The molecule has 1 saturated carbocycles. The van der Waals surface area contributed by atoms with Gasteiger partial charge >= 0.3 is 0 Å². The molecule has 2 heterocycles. The molecular formula is C22H28FN5O2. The number of rotatable bonds is 6. The molecule has 1 aliphatic heterocycles. The minimum atomic E-state index is -0.357. The summed E-state index contributed by atoms with van der Waals surface area (Å²) < 4.78 is 14.9. The van der Waals surface area contributed by atoms with E-state index in [0.29, 0.717) is 18.2 Å². The Hall–Kier alpha value is -2.74. The minimum absolute atomic E-state index is 0.0384. The van der Waals surface area contributed by atoms with Gasteiger partial charge in [0.25, 0.3) is 5.91 Å². The largest absolute Gasteiger partial charge is 0.349 e. The van der Waals surface area contributed by atoms with E-state index < -0.39 is 0 Å². The van der Waals surface area contributed by atoms with E-state index in [4.69, 9.17) is 0 Å². The summed E-state index contributed by atoms with van der Waals surface area (Å²) in [7, 11) is 0. The summed E-state index contributed by atoms with van der Waals surface area (Å²) in [6.07, 6.45) is 7.95. The van der Waals surface area contributed by atoms with Gasteiger partial charge in [0, 0.05) is 30.8 Å². The highest BCUT2D eigenvalue weighted by atomic mass is 19.1. The van der Waals surface area contributed by atoms with Crippen LogP contribution in [0.1, 0.15) is 54.9 Å². The summed E-state index contributed by atoms with van der Waals surface area (Å²) >= 11 is 0. The lowest BCUT2D eigenvalue weighted by atomic mass is 10.0. The van der Waals surface area contributed by atoms with Crippen molar-refractivity contribution in [3.8, 4) is 0 Å². The number of hydrogen-bond donors (Lipinski definition) is 2. The lowest BCUT2D eigenvalue weighted by Crippen LogP contribution is -2.46. The summed E-state index contributed by atoms with van der Waals surface area (Å²) in [5, 5.41) is 10.4. The molecule has 0 bridgehead atoms. The number of carbonyl (C=O) groups excluding carboxylic acids is 2. The molecular weight excluding hydrogens is 385 g/mol. The Morgan fingerprint density at radius 1 is 1.03 bits per heavy atom. The van der Waals surface area contributed by atoms with Crippen molar-refractivity contribution in [3.05, 3.63) is 47.9 Å². The Morgan fingerprint density at radius 3 is 2.43 bits per heavy atom. The molecule has 30 heavy (non-hydrogen) atoms. The highest BCUT2D eigenvalue weighted by molar-refractivity contribution is 5.94. The first-order chi connectivity index (χ1) is 14.6. The Morgan fingerprint density at radius 2 is 1.73 bits per heavy atom. The Labute approximate surface area is 175 Å². The van der Waals surface area contributed by atoms with E-state index in [2.05, 4.69) is 20.6 Å². The first kappa shape index (κ1) is 20.5. The van der Waals surface area contributed by atoms with E-state index in [-0.39, 0.29) is 23.7 Å². The molecule has 1 aliphatic carbocycles. The number of aromatic nitrogens is 2. The third-order valence-corrected chi connectivity index (χ3v) is 6.00. The van der Waals surface area contributed by atoms with Gasteiger partial charge in [-0.05, 0) is 49.9 Å². The summed E-state index contributed by atoms with van der Waals surface area (Å²) in [6, 6.07) is 7.85. The fraction of sp³-hybridized carbons (Fsp3) is 0.500. The highest BCUT2D eigenvalue weighted by Gasteiger charge is 2.24. The monoisotopic (exact) mass is 413 g/mol. The van der Waals surface area contributed by atoms with Gasteiger partial charge in [-0.3, -0.25) is 14.5 Å². The smallest absolute Gasteiger partial charge is 0.251 e. The highest BCUT2D eigenvalue weighted by Crippen LogP contribution is 2.31. The molecule has 2 amide bonds. The minimum Gasteiger partial charge on any atom is -0.349 e. The maximum atomic E-state index is 13.0.